The average molecular weight is 525 g/mol. The summed E-state index contributed by atoms with van der Waals surface area (Å²) < 4.78 is 38.7. The second-order valence-corrected chi connectivity index (χ2v) is 14.0. The Labute approximate surface area is 219 Å². The molecule has 206 valence electrons. The summed E-state index contributed by atoms with van der Waals surface area (Å²) in [6.45, 7) is 13.2. The van der Waals surface area contributed by atoms with E-state index in [0.717, 1.165) is 38.5 Å². The highest BCUT2D eigenvalue weighted by Crippen LogP contribution is 2.64. The number of benzene rings is 1. The Morgan fingerprint density at radius 2 is 1.28 bits per heavy atom. The van der Waals surface area contributed by atoms with E-state index < -0.39 is 13.4 Å². The Hall–Kier alpha value is -1.07. The van der Waals surface area contributed by atoms with Gasteiger partial charge in [0.2, 0.25) is 0 Å². The lowest BCUT2D eigenvalue weighted by Gasteiger charge is -2.42. The van der Waals surface area contributed by atoms with Gasteiger partial charge in [0.05, 0.1) is 26.4 Å². The van der Waals surface area contributed by atoms with Crippen LogP contribution in [0.15, 0.2) is 18.2 Å². The number of aliphatic hydroxyl groups excluding tert-OH is 1. The molecule has 36 heavy (non-hydrogen) atoms. The maximum Gasteiger partial charge on any atom is 0.363 e. The summed E-state index contributed by atoms with van der Waals surface area (Å²) in [7, 11) is -0.854. The SMILES string of the molecule is COc1ccc(C(O)P(=O)(OC2CC(C)CCC2C(C)C)OC2CC(C)CCC2C(C)C)cc1OC. The lowest BCUT2D eigenvalue weighted by Crippen LogP contribution is -2.37. The molecule has 2 fully saturated rings. The summed E-state index contributed by atoms with van der Waals surface area (Å²) in [5, 5.41) is 11.7. The van der Waals surface area contributed by atoms with Crippen molar-refractivity contribution in [2.75, 3.05) is 14.2 Å². The van der Waals surface area contributed by atoms with Crippen LogP contribution in [0.25, 0.3) is 0 Å². The third-order valence-corrected chi connectivity index (χ3v) is 10.5. The number of ether oxygens (including phenoxy) is 2. The molecule has 2 saturated carbocycles. The van der Waals surface area contributed by atoms with Gasteiger partial charge >= 0.3 is 7.60 Å². The number of aliphatic hydroxyl groups is 1. The second-order valence-electron chi connectivity index (χ2n) is 12.0. The molecule has 7 atom stereocenters. The fraction of sp³-hybridized carbons (Fsp3) is 0.793. The number of methoxy groups -OCH3 is 2. The van der Waals surface area contributed by atoms with E-state index >= 15 is 0 Å². The summed E-state index contributed by atoms with van der Waals surface area (Å²) in [6, 6.07) is 5.12. The third-order valence-electron chi connectivity index (χ3n) is 8.49. The molecule has 1 aromatic carbocycles. The van der Waals surface area contributed by atoms with Crippen LogP contribution in [0.4, 0.5) is 0 Å². The number of hydrogen-bond donors (Lipinski definition) is 1. The highest BCUT2D eigenvalue weighted by molar-refractivity contribution is 7.54. The molecule has 1 aromatic rings. The molecule has 0 spiro atoms. The molecular weight excluding hydrogens is 475 g/mol. The van der Waals surface area contributed by atoms with Crippen LogP contribution in [0.1, 0.15) is 91.5 Å². The van der Waals surface area contributed by atoms with Gasteiger partial charge in [0.15, 0.2) is 17.3 Å². The molecule has 0 aliphatic heterocycles. The Bertz CT molecular complexity index is 849. The first-order valence-electron chi connectivity index (χ1n) is 13.9. The maximum absolute atomic E-state index is 14.8. The van der Waals surface area contributed by atoms with Gasteiger partial charge in [-0.05, 0) is 78.9 Å². The molecule has 7 heteroatoms. The Kier molecular flexibility index (Phi) is 10.4. The van der Waals surface area contributed by atoms with Crippen LogP contribution in [0.3, 0.4) is 0 Å². The van der Waals surface area contributed by atoms with Gasteiger partial charge in [-0.15, -0.1) is 0 Å². The first-order valence-corrected chi connectivity index (χ1v) is 15.5. The summed E-state index contributed by atoms with van der Waals surface area (Å²) in [4.78, 5) is 0. The highest BCUT2D eigenvalue weighted by Gasteiger charge is 2.46. The van der Waals surface area contributed by atoms with E-state index in [1.54, 1.807) is 32.4 Å². The van der Waals surface area contributed by atoms with Crippen molar-refractivity contribution in [3.05, 3.63) is 23.8 Å². The molecule has 1 N–H and O–H groups in total. The molecule has 0 saturated heterocycles. The van der Waals surface area contributed by atoms with Gasteiger partial charge in [-0.1, -0.05) is 60.5 Å². The Balaban J connectivity index is 2.00. The highest BCUT2D eigenvalue weighted by atomic mass is 31.2. The van der Waals surface area contributed by atoms with Gasteiger partial charge < -0.3 is 23.6 Å². The van der Waals surface area contributed by atoms with Gasteiger partial charge in [-0.25, -0.2) is 0 Å². The van der Waals surface area contributed by atoms with Crippen LogP contribution in [-0.4, -0.2) is 31.5 Å². The molecule has 0 radical (unpaired) electrons. The van der Waals surface area contributed by atoms with Crippen molar-refractivity contribution in [3.63, 3.8) is 0 Å². The third kappa shape index (κ3) is 6.87. The monoisotopic (exact) mass is 524 g/mol. The molecule has 0 amide bonds. The minimum atomic E-state index is -3.97. The maximum atomic E-state index is 14.8. The fourth-order valence-corrected chi connectivity index (χ4v) is 8.23. The minimum absolute atomic E-state index is 0.215. The largest absolute Gasteiger partial charge is 0.493 e. The number of rotatable bonds is 10. The van der Waals surface area contributed by atoms with Gasteiger partial charge in [0.25, 0.3) is 0 Å². The van der Waals surface area contributed by atoms with Gasteiger partial charge in [0.1, 0.15) is 0 Å². The van der Waals surface area contributed by atoms with Crippen LogP contribution in [0, 0.1) is 35.5 Å². The quantitative estimate of drug-likeness (QED) is 0.314. The van der Waals surface area contributed by atoms with Crippen molar-refractivity contribution in [2.24, 2.45) is 35.5 Å². The zero-order chi connectivity index (χ0) is 26.6. The van der Waals surface area contributed by atoms with Crippen LogP contribution in [0.5, 0.6) is 11.5 Å². The van der Waals surface area contributed by atoms with E-state index in [9.17, 15) is 9.67 Å². The molecular formula is C29H49O6P. The van der Waals surface area contributed by atoms with Crippen molar-refractivity contribution in [1.29, 1.82) is 0 Å². The molecule has 3 rings (SSSR count). The number of hydrogen-bond acceptors (Lipinski definition) is 6. The van der Waals surface area contributed by atoms with E-state index in [1.165, 1.54) is 0 Å². The summed E-state index contributed by atoms with van der Waals surface area (Å²) in [5.74, 6) is 1.92. The first kappa shape index (κ1) is 29.5. The molecule has 0 bridgehead atoms. The summed E-state index contributed by atoms with van der Waals surface area (Å²) in [6.07, 6.45) is 5.56. The molecule has 6 nitrogen and oxygen atoms in total. The van der Waals surface area contributed by atoms with Crippen molar-refractivity contribution >= 4 is 7.60 Å². The van der Waals surface area contributed by atoms with Crippen LogP contribution in [0.2, 0.25) is 0 Å². The smallest absolute Gasteiger partial charge is 0.363 e. The molecule has 7 unspecified atom stereocenters. The van der Waals surface area contributed by atoms with Crippen molar-refractivity contribution in [3.8, 4) is 11.5 Å². The van der Waals surface area contributed by atoms with Gasteiger partial charge in [0, 0.05) is 0 Å². The lowest BCUT2D eigenvalue weighted by atomic mass is 9.75. The van der Waals surface area contributed by atoms with E-state index in [1.807, 2.05) is 0 Å². The van der Waals surface area contributed by atoms with E-state index in [4.69, 9.17) is 18.5 Å². The zero-order valence-electron chi connectivity index (χ0n) is 23.6. The lowest BCUT2D eigenvalue weighted by molar-refractivity contribution is -0.0154. The van der Waals surface area contributed by atoms with Gasteiger partial charge in [-0.2, -0.15) is 0 Å². The second kappa shape index (κ2) is 12.7. The zero-order valence-corrected chi connectivity index (χ0v) is 24.5. The molecule has 2 aliphatic carbocycles. The van der Waals surface area contributed by atoms with Crippen molar-refractivity contribution in [1.82, 2.24) is 0 Å². The Morgan fingerprint density at radius 1 is 0.806 bits per heavy atom. The van der Waals surface area contributed by atoms with E-state index in [2.05, 4.69) is 41.5 Å². The molecule has 0 aromatic heterocycles. The Morgan fingerprint density at radius 3 is 1.69 bits per heavy atom. The molecule has 2 aliphatic rings. The average Bonchev–Trinajstić information content (AvgIpc) is 2.82. The standard InChI is InChI=1S/C29H49O6P/c1-18(2)23-12-9-20(5)15-26(23)34-36(31,35-27-16-21(6)10-13-24(27)19(3)4)29(30)22-11-14-25(32-7)28(17-22)33-8/h11,14,17-21,23-24,26-27,29-30H,9-10,12-13,15-16H2,1-8H3. The predicted octanol–water partition coefficient (Wildman–Crippen LogP) is 7.84. The van der Waals surface area contributed by atoms with E-state index in [0.29, 0.717) is 40.7 Å². The fourth-order valence-electron chi connectivity index (χ4n) is 6.19. The van der Waals surface area contributed by atoms with Crippen LogP contribution < -0.4 is 9.47 Å². The summed E-state index contributed by atoms with van der Waals surface area (Å²) >= 11 is 0. The van der Waals surface area contributed by atoms with Crippen LogP contribution in [-0.2, 0) is 13.6 Å². The minimum Gasteiger partial charge on any atom is -0.493 e. The van der Waals surface area contributed by atoms with Crippen molar-refractivity contribution in [2.45, 2.75) is 98.1 Å². The first-order chi connectivity index (χ1) is 17.0. The van der Waals surface area contributed by atoms with Crippen molar-refractivity contribution < 1.29 is 28.2 Å². The molecule has 0 heterocycles. The predicted molar refractivity (Wildman–Crippen MR) is 145 cm³/mol. The van der Waals surface area contributed by atoms with Crippen LogP contribution >= 0.6 is 7.60 Å². The van der Waals surface area contributed by atoms with E-state index in [-0.39, 0.29) is 24.0 Å². The van der Waals surface area contributed by atoms with Gasteiger partial charge in [-0.3, -0.25) is 4.57 Å². The normalized spacial score (nSPS) is 31.8. The topological polar surface area (TPSA) is 74.2 Å². The summed E-state index contributed by atoms with van der Waals surface area (Å²) in [5.41, 5.74) is 0.450.